The summed E-state index contributed by atoms with van der Waals surface area (Å²) < 4.78 is 1.42. The fourth-order valence-corrected chi connectivity index (χ4v) is 4.77. The smallest absolute Gasteiger partial charge is 0.113 e. The van der Waals surface area contributed by atoms with Crippen LogP contribution in [0.1, 0.15) is 5.56 Å². The number of hydrogen-bond donors (Lipinski definition) is 0. The van der Waals surface area contributed by atoms with Gasteiger partial charge in [-0.2, -0.15) is 0 Å². The molecule has 0 nitrogen and oxygen atoms in total. The second kappa shape index (κ2) is 4.43. The van der Waals surface area contributed by atoms with E-state index in [9.17, 15) is 0 Å². The normalized spacial score (nSPS) is 10.4. The zero-order valence-corrected chi connectivity index (χ0v) is 10.6. The molecule has 1 heterocycles. The first-order chi connectivity index (χ1) is 6.81. The molecule has 0 aliphatic carbocycles. The Morgan fingerprint density at radius 3 is 2.57 bits per heavy atom. The quantitative estimate of drug-likeness (QED) is 0.412. The lowest BCUT2D eigenvalue weighted by molar-refractivity contribution is 1.47. The van der Waals surface area contributed by atoms with Crippen LogP contribution in [0.15, 0.2) is 33.9 Å². The van der Waals surface area contributed by atoms with Crippen LogP contribution >= 0.6 is 32.4 Å². The summed E-state index contributed by atoms with van der Waals surface area (Å²) in [4.78, 5) is 0. The minimum absolute atomic E-state index is 1.32. The van der Waals surface area contributed by atoms with Gasteiger partial charge in [-0.3, -0.25) is 0 Å². The Hall–Kier alpha value is -0.380. The van der Waals surface area contributed by atoms with Crippen molar-refractivity contribution >= 4 is 32.4 Å². The monoisotopic (exact) mass is 239 g/mol. The first kappa shape index (κ1) is 10.1. The molecule has 0 saturated carbocycles. The lowest BCUT2D eigenvalue weighted by Crippen LogP contribution is -1.76. The van der Waals surface area contributed by atoms with Crippen molar-refractivity contribution in [2.45, 2.75) is 11.1 Å². The van der Waals surface area contributed by atoms with Gasteiger partial charge in [-0.1, -0.05) is 29.8 Å². The Labute approximate surface area is 96.0 Å². The summed E-state index contributed by atoms with van der Waals surface area (Å²) in [5.74, 6) is 0. The number of benzene rings is 1. The van der Waals surface area contributed by atoms with Crippen molar-refractivity contribution in [3.05, 3.63) is 35.2 Å². The van der Waals surface area contributed by atoms with E-state index in [1.807, 2.05) is 32.4 Å². The van der Waals surface area contributed by atoms with Crippen molar-refractivity contribution in [3.63, 3.8) is 0 Å². The first-order valence-electron chi connectivity index (χ1n) is 4.33. The van der Waals surface area contributed by atoms with E-state index in [2.05, 4.69) is 42.8 Å². The van der Waals surface area contributed by atoms with E-state index < -0.39 is 0 Å². The van der Waals surface area contributed by atoms with Crippen LogP contribution in [0.5, 0.6) is 0 Å². The summed E-state index contributed by atoms with van der Waals surface area (Å²) in [5, 5.41) is 2.24. The maximum atomic E-state index is 2.24. The molecule has 0 atom stereocenters. The molecule has 1 aromatic heterocycles. The van der Waals surface area contributed by atoms with E-state index >= 15 is 0 Å². The van der Waals surface area contributed by atoms with E-state index in [-0.39, 0.29) is 0 Å². The van der Waals surface area contributed by atoms with E-state index in [1.165, 1.54) is 20.9 Å². The van der Waals surface area contributed by atoms with Crippen LogP contribution in [-0.4, -0.2) is 6.26 Å². The predicted molar refractivity (Wildman–Crippen MR) is 68.6 cm³/mol. The summed E-state index contributed by atoms with van der Waals surface area (Å²) in [7, 11) is 3.66. The largest absolute Gasteiger partial charge is 0.293 e. The number of aryl methyl sites for hydroxylation is 1. The Bertz CT molecular complexity index is 414. The molecular formula is C11H11S3+. The first-order valence-corrected chi connectivity index (χ1v) is 7.77. The van der Waals surface area contributed by atoms with Gasteiger partial charge in [0.15, 0.2) is 10.3 Å². The van der Waals surface area contributed by atoms with Crippen molar-refractivity contribution in [2.75, 3.05) is 6.26 Å². The average Bonchev–Trinajstić information content (AvgIpc) is 2.67. The topological polar surface area (TPSA) is 0 Å². The van der Waals surface area contributed by atoms with Crippen molar-refractivity contribution in [1.29, 1.82) is 0 Å². The second-order valence-electron chi connectivity index (χ2n) is 3.07. The molecule has 0 amide bonds. The fourth-order valence-electron chi connectivity index (χ4n) is 1.27. The third-order valence-electron chi connectivity index (χ3n) is 2.06. The molecule has 2 rings (SSSR count). The molecule has 1 aromatic carbocycles. The second-order valence-corrected chi connectivity index (χ2v) is 6.22. The number of rotatable bonds is 2. The molecule has 0 aliphatic heterocycles. The molecule has 0 unspecified atom stereocenters. The van der Waals surface area contributed by atoms with E-state index in [1.54, 1.807) is 0 Å². The van der Waals surface area contributed by atoms with Crippen LogP contribution in [-0.2, 0) is 0 Å². The van der Waals surface area contributed by atoms with Crippen LogP contribution < -0.4 is 0 Å². The van der Waals surface area contributed by atoms with Gasteiger partial charge in [0.2, 0.25) is 5.38 Å². The van der Waals surface area contributed by atoms with E-state index in [0.29, 0.717) is 0 Å². The van der Waals surface area contributed by atoms with Gasteiger partial charge in [-0.05, 0) is 18.7 Å². The molecule has 0 fully saturated rings. The van der Waals surface area contributed by atoms with Gasteiger partial charge in [0.05, 0.1) is 5.56 Å². The zero-order chi connectivity index (χ0) is 9.97. The summed E-state index contributed by atoms with van der Waals surface area (Å²) >= 11 is 1.83. The molecule has 72 valence electrons. The van der Waals surface area contributed by atoms with Gasteiger partial charge >= 0.3 is 0 Å². The lowest BCUT2D eigenvalue weighted by atomic mass is 10.1. The number of thioether (sulfide) groups is 1. The van der Waals surface area contributed by atoms with Gasteiger partial charge in [-0.15, -0.1) is 11.8 Å². The summed E-state index contributed by atoms with van der Waals surface area (Å²) in [6.07, 6.45) is 2.14. The van der Waals surface area contributed by atoms with Crippen LogP contribution in [0.4, 0.5) is 0 Å². The molecule has 3 heteroatoms. The summed E-state index contributed by atoms with van der Waals surface area (Å²) in [6, 6.07) is 8.73. The van der Waals surface area contributed by atoms with Gasteiger partial charge in [0, 0.05) is 0 Å². The van der Waals surface area contributed by atoms with E-state index in [0.717, 1.165) is 0 Å². The average molecular weight is 239 g/mol. The lowest BCUT2D eigenvalue weighted by Gasteiger charge is -1.98. The van der Waals surface area contributed by atoms with Crippen LogP contribution in [0.25, 0.3) is 11.1 Å². The molecular weight excluding hydrogens is 228 g/mol. The van der Waals surface area contributed by atoms with Crippen LogP contribution in [0.3, 0.4) is 0 Å². The number of hydrogen-bond acceptors (Lipinski definition) is 2. The highest BCUT2D eigenvalue weighted by atomic mass is 32.9. The van der Waals surface area contributed by atoms with Crippen LogP contribution in [0, 0.1) is 6.92 Å². The fraction of sp³-hybridized carbons (Fsp3) is 0.182. The van der Waals surface area contributed by atoms with Gasteiger partial charge in [0.25, 0.3) is 10.3 Å². The van der Waals surface area contributed by atoms with Gasteiger partial charge < -0.3 is 0 Å². The van der Waals surface area contributed by atoms with Gasteiger partial charge in [0.1, 0.15) is 4.21 Å². The van der Waals surface area contributed by atoms with Crippen LogP contribution in [0.2, 0.25) is 0 Å². The van der Waals surface area contributed by atoms with Crippen molar-refractivity contribution in [1.82, 2.24) is 0 Å². The third kappa shape index (κ3) is 2.00. The molecule has 0 radical (unpaired) electrons. The maximum absolute atomic E-state index is 2.24. The van der Waals surface area contributed by atoms with Crippen molar-refractivity contribution in [2.24, 2.45) is 0 Å². The molecule has 2 aromatic rings. The Kier molecular flexibility index (Phi) is 3.21. The Balaban J connectivity index is 2.44. The molecule has 0 bridgehead atoms. The third-order valence-corrected chi connectivity index (χ3v) is 5.59. The van der Waals surface area contributed by atoms with Gasteiger partial charge in [-0.25, -0.2) is 0 Å². The van der Waals surface area contributed by atoms with E-state index in [4.69, 9.17) is 0 Å². The molecule has 14 heavy (non-hydrogen) atoms. The molecule has 0 aliphatic rings. The summed E-state index contributed by atoms with van der Waals surface area (Å²) in [5.41, 5.74) is 4.03. The summed E-state index contributed by atoms with van der Waals surface area (Å²) in [6.45, 7) is 2.12. The molecule has 0 saturated heterocycles. The minimum atomic E-state index is 1.32. The zero-order valence-electron chi connectivity index (χ0n) is 8.11. The Morgan fingerprint density at radius 1 is 1.21 bits per heavy atom. The highest BCUT2D eigenvalue weighted by molar-refractivity contribution is 8.02. The maximum Gasteiger partial charge on any atom is 0.293 e. The molecule has 0 spiro atoms. The highest BCUT2D eigenvalue weighted by Gasteiger charge is 2.13. The minimum Gasteiger partial charge on any atom is -0.113 e. The Morgan fingerprint density at radius 2 is 1.93 bits per heavy atom. The predicted octanol–water partition coefficient (Wildman–Crippen LogP) is 4.79. The standard InChI is InChI=1S/C11H11S3/c1-8-3-5-9(6-4-8)10-7-13-14-11(10)12-2/h3-7H,1-2H3/q+1. The SMILES string of the molecule is CSc1s[s+]cc1-c1ccc(C)cc1. The van der Waals surface area contributed by atoms with Crippen molar-refractivity contribution in [3.8, 4) is 11.1 Å². The highest BCUT2D eigenvalue weighted by Crippen LogP contribution is 2.37. The van der Waals surface area contributed by atoms with Crippen molar-refractivity contribution < 1.29 is 0 Å². The molecule has 0 N–H and O–H groups in total.